The summed E-state index contributed by atoms with van der Waals surface area (Å²) in [6.45, 7) is 2.22. The number of benzene rings is 2. The highest BCUT2D eigenvalue weighted by Gasteiger charge is 2.57. The zero-order chi connectivity index (χ0) is 22.6. The lowest BCUT2D eigenvalue weighted by atomic mass is 10.0. The predicted molar refractivity (Wildman–Crippen MR) is 126 cm³/mol. The molecule has 3 fully saturated rings. The lowest BCUT2D eigenvalue weighted by Crippen LogP contribution is -2.40. The molecule has 0 N–H and O–H groups in total. The van der Waals surface area contributed by atoms with E-state index < -0.39 is 5.54 Å². The number of hydrogen-bond acceptors (Lipinski definition) is 4. The number of amidine groups is 1. The molecule has 2 saturated carbocycles. The molecule has 0 bridgehead atoms. The van der Waals surface area contributed by atoms with Crippen molar-refractivity contribution in [2.75, 3.05) is 26.7 Å². The summed E-state index contributed by atoms with van der Waals surface area (Å²) < 4.78 is 5.35. The van der Waals surface area contributed by atoms with Crippen molar-refractivity contribution in [3.05, 3.63) is 54.1 Å². The lowest BCUT2D eigenvalue weighted by molar-refractivity contribution is -0.131. The summed E-state index contributed by atoms with van der Waals surface area (Å²) in [6, 6.07) is 16.3. The number of carbonyl (C=O) groups excluding carboxylic acids is 2. The third-order valence-corrected chi connectivity index (χ3v) is 7.45. The Balaban J connectivity index is 1.21. The molecule has 0 unspecified atom stereocenters. The molecule has 6 nitrogen and oxygen atoms in total. The van der Waals surface area contributed by atoms with Crippen LogP contribution in [0.15, 0.2) is 53.5 Å². The minimum absolute atomic E-state index is 0.140. The van der Waals surface area contributed by atoms with Gasteiger partial charge in [0, 0.05) is 31.1 Å². The molecule has 2 heterocycles. The normalized spacial score (nSPS) is 23.2. The zero-order valence-electron chi connectivity index (χ0n) is 19.0. The molecule has 33 heavy (non-hydrogen) atoms. The maximum absolute atomic E-state index is 13.3. The summed E-state index contributed by atoms with van der Waals surface area (Å²) in [6.07, 6.45) is 4.71. The van der Waals surface area contributed by atoms with Gasteiger partial charge in [-0.05, 0) is 61.3 Å². The number of likely N-dealkylation sites (tertiary alicyclic amines) is 1. The minimum atomic E-state index is -0.525. The van der Waals surface area contributed by atoms with Gasteiger partial charge in [0.15, 0.2) is 0 Å². The van der Waals surface area contributed by atoms with Gasteiger partial charge in [0.25, 0.3) is 5.91 Å². The largest absolute Gasteiger partial charge is 0.497 e. The van der Waals surface area contributed by atoms with E-state index in [4.69, 9.17) is 9.73 Å². The van der Waals surface area contributed by atoms with E-state index in [1.807, 2.05) is 28.0 Å². The van der Waals surface area contributed by atoms with Crippen LogP contribution in [0.2, 0.25) is 0 Å². The van der Waals surface area contributed by atoms with E-state index in [2.05, 4.69) is 30.3 Å². The van der Waals surface area contributed by atoms with Crippen LogP contribution in [0.4, 0.5) is 0 Å². The second-order valence-corrected chi connectivity index (χ2v) is 9.91. The lowest BCUT2D eigenvalue weighted by Gasteiger charge is -2.23. The number of carbonyl (C=O) groups is 2. The molecule has 4 aliphatic rings. The Morgan fingerprint density at radius 3 is 2.52 bits per heavy atom. The van der Waals surface area contributed by atoms with Gasteiger partial charge in [-0.25, -0.2) is 0 Å². The summed E-state index contributed by atoms with van der Waals surface area (Å²) in [7, 11) is 1.67. The standard InChI is InChI=1S/C27H29N3O3/c1-33-23-4-2-3-22(15-23)19-5-7-20(8-6-19)24-28-27(12-13-27)26(32)30(24)17-18-11-14-29(16-18)25(31)21-9-10-21/h2-8,15,18,21H,9-14,16-17H2,1H3/t18-/m1/s1. The van der Waals surface area contributed by atoms with Crippen molar-refractivity contribution >= 4 is 17.6 Å². The van der Waals surface area contributed by atoms with Crippen LogP contribution in [0.3, 0.4) is 0 Å². The SMILES string of the molecule is COc1cccc(-c2ccc(C3=NC4(CC4)C(=O)N3C[C@@H]3CCN(C(=O)C4CC4)C3)cc2)c1. The van der Waals surface area contributed by atoms with E-state index >= 15 is 0 Å². The van der Waals surface area contributed by atoms with E-state index in [0.717, 1.165) is 73.5 Å². The summed E-state index contributed by atoms with van der Waals surface area (Å²) in [5, 5.41) is 0. The predicted octanol–water partition coefficient (Wildman–Crippen LogP) is 3.74. The quantitative estimate of drug-likeness (QED) is 0.683. The van der Waals surface area contributed by atoms with Crippen LogP contribution in [0.5, 0.6) is 5.75 Å². The molecule has 170 valence electrons. The van der Waals surface area contributed by atoms with Gasteiger partial charge in [-0.1, -0.05) is 36.4 Å². The molecule has 2 amide bonds. The molecule has 6 rings (SSSR count). The molecule has 0 aromatic heterocycles. The molecule has 0 radical (unpaired) electrons. The number of amides is 2. The van der Waals surface area contributed by atoms with Crippen molar-refractivity contribution in [2.24, 2.45) is 16.8 Å². The first kappa shape index (κ1) is 20.5. The van der Waals surface area contributed by atoms with E-state index in [0.29, 0.717) is 18.4 Å². The first-order chi connectivity index (χ1) is 16.1. The van der Waals surface area contributed by atoms with Crippen LogP contribution in [0.1, 0.15) is 37.7 Å². The van der Waals surface area contributed by atoms with E-state index in [1.54, 1.807) is 7.11 Å². The Kier molecular flexibility index (Phi) is 4.78. The number of methoxy groups -OCH3 is 1. The van der Waals surface area contributed by atoms with Crippen LogP contribution in [0.25, 0.3) is 11.1 Å². The fourth-order valence-electron chi connectivity index (χ4n) is 5.14. The van der Waals surface area contributed by atoms with Crippen LogP contribution in [-0.4, -0.2) is 59.7 Å². The van der Waals surface area contributed by atoms with Gasteiger partial charge in [0.05, 0.1) is 7.11 Å². The first-order valence-electron chi connectivity index (χ1n) is 12.0. The minimum Gasteiger partial charge on any atom is -0.497 e. The molecular weight excluding hydrogens is 414 g/mol. The molecule has 1 atom stereocenters. The molecule has 2 aromatic carbocycles. The Morgan fingerprint density at radius 2 is 1.82 bits per heavy atom. The highest BCUT2D eigenvalue weighted by Crippen LogP contribution is 2.46. The maximum Gasteiger partial charge on any atom is 0.256 e. The van der Waals surface area contributed by atoms with Gasteiger partial charge in [-0.15, -0.1) is 0 Å². The van der Waals surface area contributed by atoms with Gasteiger partial charge in [0.1, 0.15) is 17.1 Å². The van der Waals surface area contributed by atoms with Crippen molar-refractivity contribution in [2.45, 2.75) is 37.6 Å². The van der Waals surface area contributed by atoms with Gasteiger partial charge >= 0.3 is 0 Å². The summed E-state index contributed by atoms with van der Waals surface area (Å²) >= 11 is 0. The third-order valence-electron chi connectivity index (χ3n) is 7.45. The van der Waals surface area contributed by atoms with Crippen LogP contribution >= 0.6 is 0 Å². The zero-order valence-corrected chi connectivity index (χ0v) is 19.0. The maximum atomic E-state index is 13.3. The Morgan fingerprint density at radius 1 is 1.06 bits per heavy atom. The molecule has 1 spiro atoms. The number of nitrogens with zero attached hydrogens (tertiary/aromatic N) is 3. The van der Waals surface area contributed by atoms with Gasteiger partial charge in [0.2, 0.25) is 5.91 Å². The smallest absolute Gasteiger partial charge is 0.256 e. The monoisotopic (exact) mass is 443 g/mol. The van der Waals surface area contributed by atoms with Gasteiger partial charge < -0.3 is 9.64 Å². The van der Waals surface area contributed by atoms with Crippen molar-refractivity contribution in [3.63, 3.8) is 0 Å². The number of rotatable bonds is 6. The Labute approximate surface area is 194 Å². The van der Waals surface area contributed by atoms with Gasteiger partial charge in [-0.3, -0.25) is 19.5 Å². The average Bonchev–Trinajstić information content (AvgIpc) is 3.77. The molecule has 6 heteroatoms. The second kappa shape index (κ2) is 7.72. The van der Waals surface area contributed by atoms with E-state index in [1.165, 1.54) is 0 Å². The van der Waals surface area contributed by atoms with Crippen molar-refractivity contribution in [3.8, 4) is 16.9 Å². The second-order valence-electron chi connectivity index (χ2n) is 9.91. The summed E-state index contributed by atoms with van der Waals surface area (Å²) in [5.41, 5.74) is 2.64. The van der Waals surface area contributed by atoms with Crippen molar-refractivity contribution in [1.29, 1.82) is 0 Å². The van der Waals surface area contributed by atoms with Gasteiger partial charge in [-0.2, -0.15) is 0 Å². The molecule has 2 aliphatic carbocycles. The van der Waals surface area contributed by atoms with Crippen LogP contribution < -0.4 is 4.74 Å². The fraction of sp³-hybridized carbons (Fsp3) is 0.444. The summed E-state index contributed by atoms with van der Waals surface area (Å²) in [5.74, 6) is 2.64. The first-order valence-corrected chi connectivity index (χ1v) is 12.0. The van der Waals surface area contributed by atoms with E-state index in [9.17, 15) is 9.59 Å². The molecular formula is C27H29N3O3. The third kappa shape index (κ3) is 3.71. The highest BCUT2D eigenvalue weighted by atomic mass is 16.5. The molecule has 2 aromatic rings. The topological polar surface area (TPSA) is 62.2 Å². The number of aliphatic imine (C=N–C) groups is 1. The van der Waals surface area contributed by atoms with Crippen LogP contribution in [0, 0.1) is 11.8 Å². The van der Waals surface area contributed by atoms with Crippen molar-refractivity contribution < 1.29 is 14.3 Å². The fourth-order valence-corrected chi connectivity index (χ4v) is 5.14. The Bertz CT molecular complexity index is 1130. The van der Waals surface area contributed by atoms with Crippen LogP contribution in [-0.2, 0) is 9.59 Å². The number of hydrogen-bond donors (Lipinski definition) is 0. The number of ether oxygens (including phenoxy) is 1. The van der Waals surface area contributed by atoms with Crippen molar-refractivity contribution in [1.82, 2.24) is 9.80 Å². The molecule has 1 saturated heterocycles. The Hall–Kier alpha value is -3.15. The van der Waals surface area contributed by atoms with E-state index in [-0.39, 0.29) is 11.8 Å². The average molecular weight is 444 g/mol. The highest BCUT2D eigenvalue weighted by molar-refractivity contribution is 6.16. The molecule has 2 aliphatic heterocycles. The summed E-state index contributed by atoms with van der Waals surface area (Å²) in [4.78, 5) is 34.6.